The van der Waals surface area contributed by atoms with Crippen LogP contribution in [0.2, 0.25) is 0 Å². The second-order valence-electron chi connectivity index (χ2n) is 5.47. The molecule has 1 aromatic rings. The SMILES string of the molecule is C=C(C)[C@H](C(=O)O)N1C(=O)[C@@H]2N=C(Cc3ccccc3)O[C@@H]21. The van der Waals surface area contributed by atoms with Crippen molar-refractivity contribution in [3.8, 4) is 0 Å². The van der Waals surface area contributed by atoms with Crippen molar-refractivity contribution in [3.05, 3.63) is 48.0 Å². The van der Waals surface area contributed by atoms with Crippen LogP contribution in [0.15, 0.2) is 47.5 Å². The molecule has 6 heteroatoms. The molecule has 22 heavy (non-hydrogen) atoms. The molecular weight excluding hydrogens is 284 g/mol. The molecule has 0 unspecified atom stereocenters. The Morgan fingerprint density at radius 2 is 2.14 bits per heavy atom. The molecule has 0 aromatic heterocycles. The van der Waals surface area contributed by atoms with Crippen molar-refractivity contribution < 1.29 is 19.4 Å². The van der Waals surface area contributed by atoms with Crippen LogP contribution in [-0.2, 0) is 20.7 Å². The summed E-state index contributed by atoms with van der Waals surface area (Å²) in [5, 5.41) is 9.27. The largest absolute Gasteiger partial charge is 0.479 e. The molecule has 0 bridgehead atoms. The lowest BCUT2D eigenvalue weighted by atomic mass is 9.98. The van der Waals surface area contributed by atoms with E-state index in [1.54, 1.807) is 6.92 Å². The molecule has 0 saturated carbocycles. The van der Waals surface area contributed by atoms with Gasteiger partial charge in [-0.15, -0.1) is 0 Å². The topological polar surface area (TPSA) is 79.2 Å². The van der Waals surface area contributed by atoms with E-state index in [2.05, 4.69) is 11.6 Å². The number of fused-ring (bicyclic) bond motifs is 1. The van der Waals surface area contributed by atoms with Crippen LogP contribution in [0.25, 0.3) is 0 Å². The first-order valence-corrected chi connectivity index (χ1v) is 6.96. The van der Waals surface area contributed by atoms with Gasteiger partial charge in [0.2, 0.25) is 6.23 Å². The normalized spacial score (nSPS) is 24.0. The van der Waals surface area contributed by atoms with E-state index >= 15 is 0 Å². The molecule has 0 aliphatic carbocycles. The van der Waals surface area contributed by atoms with Gasteiger partial charge in [0.15, 0.2) is 18.0 Å². The van der Waals surface area contributed by atoms with Crippen LogP contribution in [0, 0.1) is 0 Å². The zero-order valence-corrected chi connectivity index (χ0v) is 12.1. The van der Waals surface area contributed by atoms with Gasteiger partial charge in [-0.3, -0.25) is 9.69 Å². The van der Waals surface area contributed by atoms with Gasteiger partial charge in [0, 0.05) is 6.42 Å². The van der Waals surface area contributed by atoms with E-state index in [4.69, 9.17) is 4.74 Å². The summed E-state index contributed by atoms with van der Waals surface area (Å²) < 4.78 is 5.68. The second kappa shape index (κ2) is 5.29. The number of nitrogens with zero attached hydrogens (tertiary/aromatic N) is 2. The molecule has 114 valence electrons. The zero-order valence-electron chi connectivity index (χ0n) is 12.1. The van der Waals surface area contributed by atoms with Crippen molar-refractivity contribution >= 4 is 17.8 Å². The molecule has 3 rings (SSSR count). The number of hydrogen-bond donors (Lipinski definition) is 1. The zero-order chi connectivity index (χ0) is 15.9. The first-order valence-electron chi connectivity index (χ1n) is 6.96. The number of carbonyl (C=O) groups is 2. The minimum Gasteiger partial charge on any atom is -0.479 e. The van der Waals surface area contributed by atoms with Gasteiger partial charge in [0.25, 0.3) is 5.91 Å². The van der Waals surface area contributed by atoms with E-state index in [9.17, 15) is 14.7 Å². The number of hydrogen-bond acceptors (Lipinski definition) is 4. The maximum atomic E-state index is 12.1. The van der Waals surface area contributed by atoms with E-state index in [1.807, 2.05) is 30.3 Å². The molecule has 0 radical (unpaired) electrons. The average molecular weight is 300 g/mol. The smallest absolute Gasteiger partial charge is 0.330 e. The highest BCUT2D eigenvalue weighted by Gasteiger charge is 2.57. The van der Waals surface area contributed by atoms with E-state index in [-0.39, 0.29) is 5.91 Å². The predicted molar refractivity (Wildman–Crippen MR) is 79.3 cm³/mol. The van der Waals surface area contributed by atoms with Crippen LogP contribution in [0.4, 0.5) is 0 Å². The molecule has 1 fully saturated rings. The van der Waals surface area contributed by atoms with Gasteiger partial charge in [0.05, 0.1) is 0 Å². The Balaban J connectivity index is 1.73. The Labute approximate surface area is 127 Å². The number of rotatable bonds is 5. The standard InChI is InChI=1S/C16H16N2O4/c1-9(2)13(16(20)21)18-14(19)12-15(18)22-11(17-12)8-10-6-4-3-5-7-10/h3-7,12-13,15H,1,8H2,2H3,(H,20,21)/t12-,13+,15-/m0/s1. The van der Waals surface area contributed by atoms with Crippen molar-refractivity contribution in [1.29, 1.82) is 0 Å². The molecule has 1 aromatic carbocycles. The van der Waals surface area contributed by atoms with Gasteiger partial charge >= 0.3 is 5.97 Å². The minimum absolute atomic E-state index is 0.330. The molecule has 2 heterocycles. The van der Waals surface area contributed by atoms with E-state index in [1.165, 1.54) is 4.90 Å². The summed E-state index contributed by atoms with van der Waals surface area (Å²) in [5.41, 5.74) is 1.41. The van der Waals surface area contributed by atoms with Crippen molar-refractivity contribution in [3.63, 3.8) is 0 Å². The van der Waals surface area contributed by atoms with Crippen LogP contribution in [0.5, 0.6) is 0 Å². The number of benzene rings is 1. The van der Waals surface area contributed by atoms with Gasteiger partial charge in [-0.1, -0.05) is 36.9 Å². The van der Waals surface area contributed by atoms with Gasteiger partial charge < -0.3 is 9.84 Å². The van der Waals surface area contributed by atoms with Gasteiger partial charge in [-0.2, -0.15) is 0 Å². The summed E-state index contributed by atoms with van der Waals surface area (Å²) in [6.07, 6.45) is -0.149. The summed E-state index contributed by atoms with van der Waals surface area (Å²) in [7, 11) is 0. The first kappa shape index (κ1) is 14.3. The fourth-order valence-electron chi connectivity index (χ4n) is 2.73. The van der Waals surface area contributed by atoms with E-state index < -0.39 is 24.3 Å². The van der Waals surface area contributed by atoms with Gasteiger partial charge in [-0.05, 0) is 18.1 Å². The van der Waals surface area contributed by atoms with Crippen LogP contribution >= 0.6 is 0 Å². The third-order valence-corrected chi connectivity index (χ3v) is 3.77. The Morgan fingerprint density at radius 3 is 2.73 bits per heavy atom. The Kier molecular flexibility index (Phi) is 3.44. The summed E-state index contributed by atoms with van der Waals surface area (Å²) in [4.78, 5) is 28.9. The Morgan fingerprint density at radius 1 is 1.45 bits per heavy atom. The number of β-lactam (4-membered cyclic amide) rings is 1. The lowest BCUT2D eigenvalue weighted by Crippen LogP contribution is -2.68. The van der Waals surface area contributed by atoms with E-state index in [0.29, 0.717) is 17.9 Å². The quantitative estimate of drug-likeness (QED) is 0.655. The molecule has 1 N–H and O–H groups in total. The number of aliphatic carboxylic acids is 1. The molecule has 6 nitrogen and oxygen atoms in total. The lowest BCUT2D eigenvalue weighted by Gasteiger charge is -2.43. The monoisotopic (exact) mass is 300 g/mol. The number of likely N-dealkylation sites (tertiary alicyclic amines) is 1. The third kappa shape index (κ3) is 2.26. The maximum absolute atomic E-state index is 12.1. The summed E-state index contributed by atoms with van der Waals surface area (Å²) in [6, 6.07) is 7.94. The molecule has 2 aliphatic heterocycles. The van der Waals surface area contributed by atoms with Crippen LogP contribution in [0.1, 0.15) is 12.5 Å². The highest BCUT2D eigenvalue weighted by molar-refractivity contribution is 5.98. The second-order valence-corrected chi connectivity index (χ2v) is 5.47. The highest BCUT2D eigenvalue weighted by Crippen LogP contribution is 2.34. The summed E-state index contributed by atoms with van der Waals surface area (Å²) >= 11 is 0. The first-order chi connectivity index (χ1) is 10.5. The number of aliphatic imine (C=N–C) groups is 1. The predicted octanol–water partition coefficient (Wildman–Crippen LogP) is 1.22. The Hall–Kier alpha value is -2.63. The summed E-state index contributed by atoms with van der Waals surface area (Å²) in [6.45, 7) is 5.23. The van der Waals surface area contributed by atoms with E-state index in [0.717, 1.165) is 5.56 Å². The van der Waals surface area contributed by atoms with Gasteiger partial charge in [0.1, 0.15) is 0 Å². The van der Waals surface area contributed by atoms with Crippen LogP contribution < -0.4 is 0 Å². The minimum atomic E-state index is -1.11. The van der Waals surface area contributed by atoms with Gasteiger partial charge in [-0.25, -0.2) is 9.79 Å². The molecule has 2 aliphatic rings. The number of carboxylic acids is 1. The number of carbonyl (C=O) groups excluding carboxylic acids is 1. The lowest BCUT2D eigenvalue weighted by molar-refractivity contribution is -0.174. The van der Waals surface area contributed by atoms with Crippen molar-refractivity contribution in [2.75, 3.05) is 0 Å². The number of amides is 1. The maximum Gasteiger partial charge on any atom is 0.330 e. The number of ether oxygens (including phenoxy) is 1. The van der Waals surface area contributed by atoms with Crippen molar-refractivity contribution in [2.24, 2.45) is 4.99 Å². The fourth-order valence-corrected chi connectivity index (χ4v) is 2.73. The van der Waals surface area contributed by atoms with Crippen LogP contribution in [0.3, 0.4) is 0 Å². The molecule has 1 amide bonds. The number of carboxylic acid groups (broad SMARTS) is 1. The molecule has 0 spiro atoms. The van der Waals surface area contributed by atoms with Crippen LogP contribution in [-0.4, -0.2) is 46.1 Å². The highest BCUT2D eigenvalue weighted by atomic mass is 16.5. The average Bonchev–Trinajstić information content (AvgIpc) is 2.84. The summed E-state index contributed by atoms with van der Waals surface area (Å²) in [5.74, 6) is -0.981. The van der Waals surface area contributed by atoms with Crippen molar-refractivity contribution in [2.45, 2.75) is 31.7 Å². The van der Waals surface area contributed by atoms with Crippen molar-refractivity contribution in [1.82, 2.24) is 4.90 Å². The Bertz CT molecular complexity index is 654. The molecule has 3 atom stereocenters. The molecule has 1 saturated heterocycles. The third-order valence-electron chi connectivity index (χ3n) is 3.77. The fraction of sp³-hybridized carbons (Fsp3) is 0.312. The molecular formula is C16H16N2O4.